The maximum absolute atomic E-state index is 13.7. The van der Waals surface area contributed by atoms with Crippen LogP contribution >= 0.6 is 11.3 Å². The zero-order valence-electron chi connectivity index (χ0n) is 18.6. The Morgan fingerprint density at radius 3 is 2.73 bits per heavy atom. The Balaban J connectivity index is 1.48. The molecule has 1 aromatic heterocycles. The third kappa shape index (κ3) is 4.09. The van der Waals surface area contributed by atoms with E-state index in [9.17, 15) is 9.59 Å². The van der Waals surface area contributed by atoms with Crippen molar-refractivity contribution in [2.75, 3.05) is 13.3 Å². The lowest BCUT2D eigenvalue weighted by Gasteiger charge is -2.42. The molecule has 7 heteroatoms. The van der Waals surface area contributed by atoms with E-state index in [1.807, 2.05) is 64.9 Å². The van der Waals surface area contributed by atoms with Crippen molar-refractivity contribution in [1.82, 2.24) is 10.2 Å². The molecule has 0 saturated heterocycles. The van der Waals surface area contributed by atoms with Crippen LogP contribution in [0.1, 0.15) is 52.2 Å². The molecular weight excluding hydrogens is 436 g/mol. The summed E-state index contributed by atoms with van der Waals surface area (Å²) in [5.74, 6) is 1.07. The van der Waals surface area contributed by atoms with Gasteiger partial charge < -0.3 is 19.7 Å². The molecule has 6 nitrogen and oxygen atoms in total. The van der Waals surface area contributed by atoms with Gasteiger partial charge in [0.1, 0.15) is 0 Å². The Bertz CT molecular complexity index is 1170. The van der Waals surface area contributed by atoms with Crippen molar-refractivity contribution in [1.29, 1.82) is 0 Å². The lowest BCUT2D eigenvalue weighted by molar-refractivity contribution is -0.124. The smallest absolute Gasteiger partial charge is 0.254 e. The van der Waals surface area contributed by atoms with Crippen LogP contribution in [0.3, 0.4) is 0 Å². The van der Waals surface area contributed by atoms with E-state index in [2.05, 4.69) is 19.2 Å². The second-order valence-electron chi connectivity index (χ2n) is 8.78. The summed E-state index contributed by atoms with van der Waals surface area (Å²) in [5.41, 5.74) is 2.32. The minimum absolute atomic E-state index is 0.0162. The zero-order chi connectivity index (χ0) is 22.9. The van der Waals surface area contributed by atoms with Crippen LogP contribution in [0.5, 0.6) is 11.5 Å². The molecule has 33 heavy (non-hydrogen) atoms. The number of nitrogens with one attached hydrogen (secondary N) is 1. The molecule has 2 aromatic carbocycles. The second kappa shape index (κ2) is 8.90. The highest BCUT2D eigenvalue weighted by Crippen LogP contribution is 2.44. The first-order valence-corrected chi connectivity index (χ1v) is 12.0. The lowest BCUT2D eigenvalue weighted by Crippen LogP contribution is -2.48. The summed E-state index contributed by atoms with van der Waals surface area (Å²) < 4.78 is 10.8. The van der Waals surface area contributed by atoms with Gasteiger partial charge in [0.05, 0.1) is 12.0 Å². The summed E-state index contributed by atoms with van der Waals surface area (Å²) in [6.07, 6.45) is 0. The van der Waals surface area contributed by atoms with Crippen LogP contribution in [-0.4, -0.2) is 30.1 Å². The standard InChI is InChI=1S/C26H26N2O4S/c1-16(2)14-28-24(22-8-5-11-33-22)23(18-6-3-4-7-19(18)26(28)30)25(29)27-13-17-9-10-20-21(12-17)32-15-31-20/h3-12,16,23-24H,13-15H2,1-2H3,(H,27,29)/t23-,24-/m0/s1. The van der Waals surface area contributed by atoms with Gasteiger partial charge in [-0.05, 0) is 46.7 Å². The zero-order valence-corrected chi connectivity index (χ0v) is 19.4. The fraction of sp³-hybridized carbons (Fsp3) is 0.308. The molecule has 2 atom stereocenters. The number of thiophene rings is 1. The Morgan fingerprint density at radius 1 is 1.12 bits per heavy atom. The maximum Gasteiger partial charge on any atom is 0.254 e. The molecule has 2 aliphatic rings. The molecule has 0 spiro atoms. The van der Waals surface area contributed by atoms with Gasteiger partial charge in [-0.3, -0.25) is 9.59 Å². The van der Waals surface area contributed by atoms with Crippen LogP contribution in [0.15, 0.2) is 60.0 Å². The van der Waals surface area contributed by atoms with Gasteiger partial charge in [-0.1, -0.05) is 44.2 Å². The number of carbonyl (C=O) groups is 2. The molecule has 0 bridgehead atoms. The molecule has 2 amide bonds. The molecule has 0 unspecified atom stereocenters. The molecule has 0 fully saturated rings. The first-order valence-electron chi connectivity index (χ1n) is 11.1. The topological polar surface area (TPSA) is 67.9 Å². The van der Waals surface area contributed by atoms with Gasteiger partial charge in [0, 0.05) is 23.5 Å². The highest BCUT2D eigenvalue weighted by molar-refractivity contribution is 7.10. The third-order valence-corrected chi connectivity index (χ3v) is 6.96. The number of ether oxygens (including phenoxy) is 2. The Kier molecular flexibility index (Phi) is 5.81. The molecule has 1 N–H and O–H groups in total. The minimum atomic E-state index is -0.495. The fourth-order valence-corrected chi connectivity index (χ4v) is 5.47. The van der Waals surface area contributed by atoms with E-state index in [-0.39, 0.29) is 30.6 Å². The van der Waals surface area contributed by atoms with E-state index in [1.165, 1.54) is 0 Å². The normalized spacial score (nSPS) is 19.0. The van der Waals surface area contributed by atoms with E-state index < -0.39 is 5.92 Å². The summed E-state index contributed by atoms with van der Waals surface area (Å²) in [7, 11) is 0. The lowest BCUT2D eigenvalue weighted by atomic mass is 9.81. The average molecular weight is 463 g/mol. The largest absolute Gasteiger partial charge is 0.454 e. The fourth-order valence-electron chi connectivity index (χ4n) is 4.60. The number of hydrogen-bond donors (Lipinski definition) is 1. The SMILES string of the molecule is CC(C)CN1C(=O)c2ccccc2[C@H](C(=O)NCc2ccc3c(c2)OCO3)[C@@H]1c1cccs1. The molecule has 5 rings (SSSR count). The molecule has 0 radical (unpaired) electrons. The number of benzene rings is 2. The number of rotatable bonds is 6. The van der Waals surface area contributed by atoms with Gasteiger partial charge in [0.2, 0.25) is 12.7 Å². The number of hydrogen-bond acceptors (Lipinski definition) is 5. The molecule has 2 aliphatic heterocycles. The first-order chi connectivity index (χ1) is 16.0. The van der Waals surface area contributed by atoms with Crippen LogP contribution in [0.25, 0.3) is 0 Å². The highest BCUT2D eigenvalue weighted by atomic mass is 32.1. The molecule has 0 saturated carbocycles. The third-order valence-electron chi connectivity index (χ3n) is 6.02. The maximum atomic E-state index is 13.7. The van der Waals surface area contributed by atoms with Crippen LogP contribution in [0.2, 0.25) is 0 Å². The minimum Gasteiger partial charge on any atom is -0.454 e. The van der Waals surface area contributed by atoms with Gasteiger partial charge in [0.25, 0.3) is 5.91 Å². The van der Waals surface area contributed by atoms with Gasteiger partial charge >= 0.3 is 0 Å². The van der Waals surface area contributed by atoms with Gasteiger partial charge in [-0.2, -0.15) is 0 Å². The number of amides is 2. The van der Waals surface area contributed by atoms with E-state index in [4.69, 9.17) is 9.47 Å². The van der Waals surface area contributed by atoms with E-state index in [0.717, 1.165) is 16.0 Å². The van der Waals surface area contributed by atoms with Gasteiger partial charge in [-0.15, -0.1) is 11.3 Å². The average Bonchev–Trinajstić information content (AvgIpc) is 3.50. The number of nitrogens with zero attached hydrogens (tertiary/aromatic N) is 1. The monoisotopic (exact) mass is 462 g/mol. The Morgan fingerprint density at radius 2 is 1.94 bits per heavy atom. The van der Waals surface area contributed by atoms with Gasteiger partial charge in [-0.25, -0.2) is 0 Å². The molecular formula is C26H26N2O4S. The van der Waals surface area contributed by atoms with E-state index in [0.29, 0.717) is 30.2 Å². The predicted molar refractivity (Wildman–Crippen MR) is 127 cm³/mol. The Labute approximate surface area is 197 Å². The number of fused-ring (bicyclic) bond motifs is 2. The van der Waals surface area contributed by atoms with Crippen LogP contribution in [-0.2, 0) is 11.3 Å². The van der Waals surface area contributed by atoms with Crippen molar-refractivity contribution in [2.24, 2.45) is 5.92 Å². The van der Waals surface area contributed by atoms with Crippen LogP contribution < -0.4 is 14.8 Å². The molecule has 3 aromatic rings. The van der Waals surface area contributed by atoms with Crippen molar-refractivity contribution in [3.63, 3.8) is 0 Å². The summed E-state index contributed by atoms with van der Waals surface area (Å²) in [6, 6.07) is 16.8. The van der Waals surface area contributed by atoms with Crippen LogP contribution in [0, 0.1) is 5.92 Å². The van der Waals surface area contributed by atoms with Crippen molar-refractivity contribution < 1.29 is 19.1 Å². The molecule has 170 valence electrons. The van der Waals surface area contributed by atoms with Gasteiger partial charge in [0.15, 0.2) is 11.5 Å². The molecule has 3 heterocycles. The highest BCUT2D eigenvalue weighted by Gasteiger charge is 2.44. The predicted octanol–water partition coefficient (Wildman–Crippen LogP) is 4.73. The summed E-state index contributed by atoms with van der Waals surface area (Å²) in [6.45, 7) is 5.35. The summed E-state index contributed by atoms with van der Waals surface area (Å²) in [5, 5.41) is 5.11. The molecule has 0 aliphatic carbocycles. The Hall–Kier alpha value is -3.32. The second-order valence-corrected chi connectivity index (χ2v) is 9.76. The summed E-state index contributed by atoms with van der Waals surface area (Å²) in [4.78, 5) is 30.1. The van der Waals surface area contributed by atoms with Crippen molar-refractivity contribution in [3.05, 3.63) is 81.5 Å². The quantitative estimate of drug-likeness (QED) is 0.575. The van der Waals surface area contributed by atoms with Crippen molar-refractivity contribution >= 4 is 23.2 Å². The van der Waals surface area contributed by atoms with E-state index >= 15 is 0 Å². The van der Waals surface area contributed by atoms with Crippen LogP contribution in [0.4, 0.5) is 0 Å². The first kappa shape index (κ1) is 21.5. The van der Waals surface area contributed by atoms with E-state index in [1.54, 1.807) is 11.3 Å². The number of carbonyl (C=O) groups excluding carboxylic acids is 2. The summed E-state index contributed by atoms with van der Waals surface area (Å²) >= 11 is 1.58. The van der Waals surface area contributed by atoms with Crippen molar-refractivity contribution in [2.45, 2.75) is 32.4 Å². The van der Waals surface area contributed by atoms with Crippen molar-refractivity contribution in [3.8, 4) is 11.5 Å².